The highest BCUT2D eigenvalue weighted by Gasteiger charge is 2.13. The van der Waals surface area contributed by atoms with Crippen LogP contribution in [0.4, 0.5) is 0 Å². The molecule has 0 aromatic rings. The largest absolute Gasteiger partial charge is 0.304 e. The van der Waals surface area contributed by atoms with E-state index < -0.39 is 0 Å². The lowest BCUT2D eigenvalue weighted by atomic mass is 10.0. The Labute approximate surface area is 298 Å². The van der Waals surface area contributed by atoms with Crippen molar-refractivity contribution in [1.82, 2.24) is 19.6 Å². The lowest BCUT2D eigenvalue weighted by Gasteiger charge is -2.32. The summed E-state index contributed by atoms with van der Waals surface area (Å²) in [7, 11) is 4.48. The second-order valence-corrected chi connectivity index (χ2v) is 15.8. The van der Waals surface area contributed by atoms with Crippen LogP contribution < -0.4 is 0 Å². The molecule has 0 atom stereocenters. The summed E-state index contributed by atoms with van der Waals surface area (Å²) >= 11 is 0. The second kappa shape index (κ2) is 35.7. The molecule has 4 heteroatoms. The summed E-state index contributed by atoms with van der Waals surface area (Å²) in [5.74, 6) is 0. The fraction of sp³-hybridized carbons (Fsp3) is 1.00. The maximum Gasteiger partial charge on any atom is 0.0110 e. The Balaban J connectivity index is 0.000000470. The molecule has 2 aliphatic heterocycles. The van der Waals surface area contributed by atoms with E-state index >= 15 is 0 Å². The Morgan fingerprint density at radius 3 is 0.660 bits per heavy atom. The van der Waals surface area contributed by atoms with Crippen LogP contribution in [0.2, 0.25) is 0 Å². The van der Waals surface area contributed by atoms with Gasteiger partial charge in [0, 0.05) is 52.4 Å². The molecule has 0 aliphatic carbocycles. The SMILES string of the molecule is CCCCCCCCCCCCCCCCCN1CCN(C)CC1.CCCCCCCCCCCCCCCCN1CCN(C)CC1. The number of rotatable bonds is 31. The Morgan fingerprint density at radius 1 is 0.255 bits per heavy atom. The highest BCUT2D eigenvalue weighted by Crippen LogP contribution is 2.15. The van der Waals surface area contributed by atoms with Crippen molar-refractivity contribution in [3.63, 3.8) is 0 Å². The molecule has 2 heterocycles. The van der Waals surface area contributed by atoms with E-state index in [-0.39, 0.29) is 0 Å². The predicted molar refractivity (Wildman–Crippen MR) is 213 cm³/mol. The van der Waals surface area contributed by atoms with Gasteiger partial charge in [-0.05, 0) is 40.0 Å². The third kappa shape index (κ3) is 31.6. The van der Waals surface area contributed by atoms with Gasteiger partial charge < -0.3 is 19.6 Å². The van der Waals surface area contributed by atoms with Gasteiger partial charge in [0.25, 0.3) is 0 Å². The van der Waals surface area contributed by atoms with Gasteiger partial charge in [-0.2, -0.15) is 0 Å². The molecule has 282 valence electrons. The molecule has 0 amide bonds. The molecule has 4 nitrogen and oxygen atoms in total. The Morgan fingerprint density at radius 2 is 0.447 bits per heavy atom. The molecular weight excluding hydrogens is 573 g/mol. The topological polar surface area (TPSA) is 13.0 Å². The van der Waals surface area contributed by atoms with Crippen LogP contribution in [0.5, 0.6) is 0 Å². The van der Waals surface area contributed by atoms with E-state index in [1.54, 1.807) is 0 Å². The van der Waals surface area contributed by atoms with Crippen molar-refractivity contribution in [1.29, 1.82) is 0 Å². The van der Waals surface area contributed by atoms with Crippen LogP contribution in [0, 0.1) is 0 Å². The van der Waals surface area contributed by atoms with E-state index in [1.807, 2.05) is 0 Å². The first kappa shape index (κ1) is 44.9. The van der Waals surface area contributed by atoms with Crippen LogP contribution in [-0.4, -0.2) is 99.1 Å². The van der Waals surface area contributed by atoms with Crippen molar-refractivity contribution in [2.45, 2.75) is 200 Å². The Kier molecular flexibility index (Phi) is 34.0. The van der Waals surface area contributed by atoms with Gasteiger partial charge in [0.15, 0.2) is 0 Å². The third-order valence-corrected chi connectivity index (χ3v) is 11.1. The number of nitrogens with zero attached hydrogens (tertiary/aromatic N) is 4. The summed E-state index contributed by atoms with van der Waals surface area (Å²) in [6.45, 7) is 17.5. The molecule has 0 bridgehead atoms. The fourth-order valence-corrected chi connectivity index (χ4v) is 7.38. The third-order valence-electron chi connectivity index (χ3n) is 11.1. The molecule has 2 aliphatic rings. The van der Waals surface area contributed by atoms with Crippen LogP contribution in [0.1, 0.15) is 200 Å². The van der Waals surface area contributed by atoms with Gasteiger partial charge in [-0.15, -0.1) is 0 Å². The lowest BCUT2D eigenvalue weighted by Crippen LogP contribution is -2.44. The average Bonchev–Trinajstić information content (AvgIpc) is 3.08. The van der Waals surface area contributed by atoms with Gasteiger partial charge in [-0.3, -0.25) is 0 Å². The van der Waals surface area contributed by atoms with Gasteiger partial charge in [-0.1, -0.05) is 187 Å². The van der Waals surface area contributed by atoms with Gasteiger partial charge >= 0.3 is 0 Å². The van der Waals surface area contributed by atoms with E-state index in [0.29, 0.717) is 0 Å². The maximum absolute atomic E-state index is 2.66. The molecule has 2 rings (SSSR count). The summed E-state index contributed by atoms with van der Waals surface area (Å²) in [4.78, 5) is 10.2. The first-order valence-corrected chi connectivity index (χ1v) is 22.0. The van der Waals surface area contributed by atoms with Crippen molar-refractivity contribution in [2.24, 2.45) is 0 Å². The molecule has 0 spiro atoms. The summed E-state index contributed by atoms with van der Waals surface area (Å²) in [5.41, 5.74) is 0. The molecule has 2 saturated heterocycles. The maximum atomic E-state index is 2.66. The van der Waals surface area contributed by atoms with E-state index in [9.17, 15) is 0 Å². The summed E-state index contributed by atoms with van der Waals surface area (Å²) in [6.07, 6.45) is 42.3. The minimum absolute atomic E-state index is 1.26. The standard InChI is InChI=1S/C22H46N2.C21H44N2/c1-3-4-5-6-7-8-9-10-11-12-13-14-15-16-17-18-24-21-19-23(2)20-22-24;1-3-4-5-6-7-8-9-10-11-12-13-14-15-16-17-23-20-18-22(2)19-21-23/h3-22H2,1-2H3;3-21H2,1-2H3. The smallest absolute Gasteiger partial charge is 0.0110 e. The summed E-state index contributed by atoms with van der Waals surface area (Å²) < 4.78 is 0. The molecule has 0 unspecified atom stereocenters. The number of hydrogen-bond acceptors (Lipinski definition) is 4. The summed E-state index contributed by atoms with van der Waals surface area (Å²) in [6, 6.07) is 0. The lowest BCUT2D eigenvalue weighted by molar-refractivity contribution is 0.152. The molecule has 0 radical (unpaired) electrons. The van der Waals surface area contributed by atoms with E-state index in [4.69, 9.17) is 0 Å². The fourth-order valence-electron chi connectivity index (χ4n) is 7.38. The van der Waals surface area contributed by atoms with Crippen LogP contribution in [-0.2, 0) is 0 Å². The zero-order valence-corrected chi connectivity index (χ0v) is 33.4. The van der Waals surface area contributed by atoms with Crippen molar-refractivity contribution >= 4 is 0 Å². The zero-order chi connectivity index (χ0) is 33.9. The van der Waals surface area contributed by atoms with Crippen LogP contribution >= 0.6 is 0 Å². The molecule has 0 aromatic carbocycles. The van der Waals surface area contributed by atoms with Crippen LogP contribution in [0.3, 0.4) is 0 Å². The quantitative estimate of drug-likeness (QED) is 0.0685. The first-order chi connectivity index (χ1) is 23.2. The Hall–Kier alpha value is -0.160. The summed E-state index contributed by atoms with van der Waals surface area (Å²) in [5, 5.41) is 0. The Bertz CT molecular complexity index is 582. The van der Waals surface area contributed by atoms with Crippen molar-refractivity contribution < 1.29 is 0 Å². The minimum Gasteiger partial charge on any atom is -0.304 e. The van der Waals surface area contributed by atoms with E-state index in [1.165, 1.54) is 252 Å². The molecule has 0 saturated carbocycles. The molecule has 0 N–H and O–H groups in total. The highest BCUT2D eigenvalue weighted by molar-refractivity contribution is 4.70. The second-order valence-electron chi connectivity index (χ2n) is 15.8. The van der Waals surface area contributed by atoms with E-state index in [2.05, 4.69) is 47.5 Å². The average molecular weight is 663 g/mol. The van der Waals surface area contributed by atoms with Crippen molar-refractivity contribution in [3.05, 3.63) is 0 Å². The first-order valence-electron chi connectivity index (χ1n) is 22.0. The molecule has 47 heavy (non-hydrogen) atoms. The van der Waals surface area contributed by atoms with Crippen molar-refractivity contribution in [3.8, 4) is 0 Å². The van der Waals surface area contributed by atoms with Crippen molar-refractivity contribution in [2.75, 3.05) is 79.5 Å². The molecule has 2 fully saturated rings. The van der Waals surface area contributed by atoms with Gasteiger partial charge in [0.1, 0.15) is 0 Å². The number of unbranched alkanes of at least 4 members (excludes halogenated alkanes) is 27. The van der Waals surface area contributed by atoms with Gasteiger partial charge in [0.2, 0.25) is 0 Å². The van der Waals surface area contributed by atoms with Gasteiger partial charge in [0.05, 0.1) is 0 Å². The zero-order valence-electron chi connectivity index (χ0n) is 33.4. The normalized spacial score (nSPS) is 16.9. The predicted octanol–water partition coefficient (Wildman–Crippen LogP) is 11.8. The highest BCUT2D eigenvalue weighted by atomic mass is 15.2. The molecule has 0 aromatic heterocycles. The molecular formula is C43H90N4. The minimum atomic E-state index is 1.26. The number of likely N-dealkylation sites (N-methyl/N-ethyl adjacent to an activating group) is 2. The van der Waals surface area contributed by atoms with Gasteiger partial charge in [-0.25, -0.2) is 0 Å². The van der Waals surface area contributed by atoms with E-state index in [0.717, 1.165) is 0 Å². The number of piperazine rings is 2. The number of hydrogen-bond donors (Lipinski definition) is 0. The monoisotopic (exact) mass is 663 g/mol. The van der Waals surface area contributed by atoms with Crippen LogP contribution in [0.15, 0.2) is 0 Å². The van der Waals surface area contributed by atoms with Crippen LogP contribution in [0.25, 0.3) is 0 Å².